The van der Waals surface area contributed by atoms with Gasteiger partial charge in [-0.25, -0.2) is 0 Å². The van der Waals surface area contributed by atoms with Gasteiger partial charge in [0.1, 0.15) is 12.4 Å². The lowest BCUT2D eigenvalue weighted by molar-refractivity contribution is -0.139. The van der Waals surface area contributed by atoms with Gasteiger partial charge in [-0.05, 0) is 12.8 Å². The van der Waals surface area contributed by atoms with Crippen molar-refractivity contribution in [1.82, 2.24) is 15.4 Å². The molecule has 3 heterocycles. The van der Waals surface area contributed by atoms with Gasteiger partial charge in [0.25, 0.3) is 5.91 Å². The number of hydrogen-bond donors (Lipinski definition) is 1. The molecular formula is C14H19N3O4. The summed E-state index contributed by atoms with van der Waals surface area (Å²) in [6.45, 7) is 3.20. The third-order valence-corrected chi connectivity index (χ3v) is 3.89. The largest absolute Gasteiger partial charge is 0.366 e. The van der Waals surface area contributed by atoms with Crippen LogP contribution in [0.15, 0.2) is 10.6 Å². The molecule has 0 saturated carbocycles. The van der Waals surface area contributed by atoms with Crippen LogP contribution in [0.3, 0.4) is 0 Å². The molecule has 1 aromatic rings. The van der Waals surface area contributed by atoms with Crippen molar-refractivity contribution in [2.45, 2.75) is 38.3 Å². The number of amides is 2. The highest BCUT2D eigenvalue weighted by Gasteiger charge is 2.37. The van der Waals surface area contributed by atoms with Crippen molar-refractivity contribution < 1.29 is 18.8 Å². The molecule has 0 spiro atoms. The van der Waals surface area contributed by atoms with Crippen LogP contribution in [0, 0.1) is 0 Å². The number of likely N-dealkylation sites (tertiary alicyclic amines) is 1. The summed E-state index contributed by atoms with van der Waals surface area (Å²) in [5, 5.41) is 6.72. The minimum absolute atomic E-state index is 0.000267. The molecule has 114 valence electrons. The molecule has 2 aliphatic rings. The summed E-state index contributed by atoms with van der Waals surface area (Å²) in [6.07, 6.45) is 2.44. The van der Waals surface area contributed by atoms with Gasteiger partial charge in [-0.3, -0.25) is 9.59 Å². The molecule has 2 aliphatic heterocycles. The third kappa shape index (κ3) is 2.92. The van der Waals surface area contributed by atoms with E-state index in [0.29, 0.717) is 18.8 Å². The van der Waals surface area contributed by atoms with Crippen molar-refractivity contribution in [1.29, 1.82) is 0 Å². The molecule has 1 N–H and O–H groups in total. The van der Waals surface area contributed by atoms with E-state index in [1.54, 1.807) is 11.0 Å². The van der Waals surface area contributed by atoms with Crippen LogP contribution in [0.2, 0.25) is 0 Å². The number of carbonyl (C=O) groups is 2. The first-order valence-corrected chi connectivity index (χ1v) is 7.33. The molecule has 1 aromatic heterocycles. The van der Waals surface area contributed by atoms with Crippen LogP contribution in [0.4, 0.5) is 0 Å². The summed E-state index contributed by atoms with van der Waals surface area (Å²) < 4.78 is 10.6. The summed E-state index contributed by atoms with van der Waals surface area (Å²) >= 11 is 0. The van der Waals surface area contributed by atoms with E-state index in [4.69, 9.17) is 9.26 Å². The number of ether oxygens (including phenoxy) is 1. The Morgan fingerprint density at radius 1 is 1.57 bits per heavy atom. The highest BCUT2D eigenvalue weighted by molar-refractivity contribution is 5.92. The van der Waals surface area contributed by atoms with Gasteiger partial charge in [0.15, 0.2) is 5.69 Å². The maximum Gasteiger partial charge on any atom is 0.276 e. The molecule has 7 nitrogen and oxygen atoms in total. The minimum Gasteiger partial charge on any atom is -0.366 e. The summed E-state index contributed by atoms with van der Waals surface area (Å²) in [7, 11) is 0. The Hall–Kier alpha value is -1.89. The maximum atomic E-state index is 12.4. The van der Waals surface area contributed by atoms with Crippen molar-refractivity contribution in [2.24, 2.45) is 0 Å². The van der Waals surface area contributed by atoms with Gasteiger partial charge in [-0.2, -0.15) is 0 Å². The molecule has 2 atom stereocenters. The number of nitrogens with one attached hydrogen (secondary N) is 1. The fourth-order valence-electron chi connectivity index (χ4n) is 2.82. The van der Waals surface area contributed by atoms with Crippen molar-refractivity contribution >= 4 is 11.8 Å². The first kappa shape index (κ1) is 14.1. The smallest absolute Gasteiger partial charge is 0.276 e. The van der Waals surface area contributed by atoms with Crippen LogP contribution < -0.4 is 5.32 Å². The molecule has 0 aromatic carbocycles. The Morgan fingerprint density at radius 3 is 3.24 bits per heavy atom. The van der Waals surface area contributed by atoms with E-state index in [9.17, 15) is 9.59 Å². The SMILES string of the molecule is CCCc1cc(C(=O)N2CC[C@H]3OCC(=O)N[C@H]3C2)no1. The second-order valence-corrected chi connectivity index (χ2v) is 5.49. The quantitative estimate of drug-likeness (QED) is 0.869. The third-order valence-electron chi connectivity index (χ3n) is 3.89. The van der Waals surface area contributed by atoms with Crippen molar-refractivity contribution in [3.8, 4) is 0 Å². The van der Waals surface area contributed by atoms with Gasteiger partial charge in [-0.15, -0.1) is 0 Å². The van der Waals surface area contributed by atoms with E-state index in [1.807, 2.05) is 6.92 Å². The minimum atomic E-state index is -0.153. The van der Waals surface area contributed by atoms with Gasteiger partial charge in [-0.1, -0.05) is 12.1 Å². The molecule has 2 amide bonds. The van der Waals surface area contributed by atoms with Crippen molar-refractivity contribution in [3.05, 3.63) is 17.5 Å². The number of aryl methyl sites for hydroxylation is 1. The van der Waals surface area contributed by atoms with E-state index in [-0.39, 0.29) is 30.6 Å². The van der Waals surface area contributed by atoms with E-state index < -0.39 is 0 Å². The van der Waals surface area contributed by atoms with Gasteiger partial charge in [0, 0.05) is 25.6 Å². The van der Waals surface area contributed by atoms with Gasteiger partial charge in [0.05, 0.1) is 12.1 Å². The molecule has 0 bridgehead atoms. The second-order valence-electron chi connectivity index (χ2n) is 5.49. The molecule has 2 saturated heterocycles. The molecule has 21 heavy (non-hydrogen) atoms. The average molecular weight is 293 g/mol. The molecule has 0 radical (unpaired) electrons. The first-order chi connectivity index (χ1) is 10.2. The number of fused-ring (bicyclic) bond motifs is 1. The lowest BCUT2D eigenvalue weighted by Crippen LogP contribution is -2.61. The van der Waals surface area contributed by atoms with Crippen LogP contribution in [-0.2, 0) is 16.0 Å². The van der Waals surface area contributed by atoms with Gasteiger partial charge in [0.2, 0.25) is 5.91 Å². The Morgan fingerprint density at radius 2 is 2.43 bits per heavy atom. The topological polar surface area (TPSA) is 84.7 Å². The molecule has 0 aliphatic carbocycles. The highest BCUT2D eigenvalue weighted by Crippen LogP contribution is 2.19. The Bertz CT molecular complexity index is 542. The predicted molar refractivity (Wildman–Crippen MR) is 72.7 cm³/mol. The number of aromatic nitrogens is 1. The number of nitrogens with zero attached hydrogens (tertiary/aromatic N) is 2. The van der Waals surface area contributed by atoms with Crippen molar-refractivity contribution in [2.75, 3.05) is 19.7 Å². The zero-order valence-corrected chi connectivity index (χ0v) is 12.0. The molecular weight excluding hydrogens is 274 g/mol. The molecule has 2 fully saturated rings. The number of morpholine rings is 1. The summed E-state index contributed by atoms with van der Waals surface area (Å²) in [5.74, 6) is 0.446. The van der Waals surface area contributed by atoms with Crippen LogP contribution >= 0.6 is 0 Å². The molecule has 3 rings (SSSR count). The summed E-state index contributed by atoms with van der Waals surface area (Å²) in [6, 6.07) is 1.57. The number of rotatable bonds is 3. The van der Waals surface area contributed by atoms with Gasteiger partial charge < -0.3 is 19.5 Å². The lowest BCUT2D eigenvalue weighted by Gasteiger charge is -2.40. The zero-order chi connectivity index (χ0) is 14.8. The van der Waals surface area contributed by atoms with Crippen LogP contribution in [0.5, 0.6) is 0 Å². The Balaban J connectivity index is 1.66. The molecule has 7 heteroatoms. The summed E-state index contributed by atoms with van der Waals surface area (Å²) in [5.41, 5.74) is 0.333. The fraction of sp³-hybridized carbons (Fsp3) is 0.643. The second kappa shape index (κ2) is 5.85. The summed E-state index contributed by atoms with van der Waals surface area (Å²) in [4.78, 5) is 25.5. The number of hydrogen-bond acceptors (Lipinski definition) is 5. The van der Waals surface area contributed by atoms with E-state index in [2.05, 4.69) is 10.5 Å². The van der Waals surface area contributed by atoms with Crippen LogP contribution in [0.25, 0.3) is 0 Å². The monoisotopic (exact) mass is 293 g/mol. The Labute approximate surface area is 122 Å². The maximum absolute atomic E-state index is 12.4. The predicted octanol–water partition coefficient (Wildman–Crippen LogP) is 0.357. The fourth-order valence-corrected chi connectivity index (χ4v) is 2.82. The highest BCUT2D eigenvalue weighted by atomic mass is 16.5. The van der Waals surface area contributed by atoms with Crippen LogP contribution in [-0.4, -0.2) is 53.7 Å². The first-order valence-electron chi connectivity index (χ1n) is 7.33. The molecule has 0 unspecified atom stereocenters. The Kier molecular flexibility index (Phi) is 3.92. The lowest BCUT2D eigenvalue weighted by atomic mass is 10.00. The van der Waals surface area contributed by atoms with Crippen molar-refractivity contribution in [3.63, 3.8) is 0 Å². The van der Waals surface area contributed by atoms with E-state index in [0.717, 1.165) is 25.0 Å². The van der Waals surface area contributed by atoms with Crippen LogP contribution in [0.1, 0.15) is 36.0 Å². The van der Waals surface area contributed by atoms with Gasteiger partial charge >= 0.3 is 0 Å². The van der Waals surface area contributed by atoms with E-state index >= 15 is 0 Å². The zero-order valence-electron chi connectivity index (χ0n) is 12.0. The average Bonchev–Trinajstić information content (AvgIpc) is 2.94. The normalized spacial score (nSPS) is 25.4. The number of piperidine rings is 1. The number of carbonyl (C=O) groups excluding carboxylic acids is 2. The van der Waals surface area contributed by atoms with E-state index in [1.165, 1.54) is 0 Å². The standard InChI is InChI=1S/C14H19N3O4/c1-2-3-9-6-10(16-21-9)14(19)17-5-4-12-11(7-17)15-13(18)8-20-12/h6,11-12H,2-5,7-8H2,1H3,(H,15,18)/t11-,12+/m0/s1.